The van der Waals surface area contributed by atoms with Crippen molar-refractivity contribution in [1.82, 2.24) is 35.3 Å². The lowest BCUT2D eigenvalue weighted by Gasteiger charge is -2.40. The van der Waals surface area contributed by atoms with E-state index in [1.54, 1.807) is 31.5 Å². The highest BCUT2D eigenvalue weighted by atomic mass is 32.1. The number of hydrogen-bond donors (Lipinski definition) is 3. The van der Waals surface area contributed by atoms with Crippen LogP contribution in [0.3, 0.4) is 0 Å². The van der Waals surface area contributed by atoms with Crippen LogP contribution >= 0.6 is 11.3 Å². The lowest BCUT2D eigenvalue weighted by Crippen LogP contribution is -2.67. The van der Waals surface area contributed by atoms with E-state index in [1.165, 1.54) is 22.5 Å². The van der Waals surface area contributed by atoms with Crippen LogP contribution in [-0.2, 0) is 38.4 Å². The topological polar surface area (TPSA) is 161 Å². The van der Waals surface area contributed by atoms with Crippen LogP contribution in [0.2, 0.25) is 0 Å². The number of benzene rings is 1. The molecule has 282 valence electrons. The highest BCUT2D eigenvalue weighted by Gasteiger charge is 2.45. The van der Waals surface area contributed by atoms with E-state index in [0.717, 1.165) is 44.7 Å². The molecule has 1 fully saturated rings. The summed E-state index contributed by atoms with van der Waals surface area (Å²) in [6.07, 6.45) is 3.97. The van der Waals surface area contributed by atoms with E-state index in [2.05, 4.69) is 51.5 Å². The standard InChI is InChI=1S/C40H45N7O6S/c1-6-46-32-14-13-25-19-27(32)28(35(46)26-11-9-17-42-34(26)24(2)52-5)21-39(3,4)23-53-38(50)40(51)15-10-18-47(45-40)37(49)30(20-33-43-31(25)22-54-33)44-36(48)29-12-7-8-16-41-29/h7-9,11-14,16-17,19,22,24,30,45,51H,6,10,15,18,20-21,23H2,1-5H3,(H,44,48)/t24-,30-,40-/m0/s1. The summed E-state index contributed by atoms with van der Waals surface area (Å²) in [4.78, 5) is 55.0. The number of carbonyl (C=O) groups is 3. The molecular weight excluding hydrogens is 707 g/mol. The van der Waals surface area contributed by atoms with Gasteiger partial charge in [-0.3, -0.25) is 24.6 Å². The van der Waals surface area contributed by atoms with Gasteiger partial charge in [-0.05, 0) is 68.7 Å². The third kappa shape index (κ3) is 7.26. The number of fused-ring (bicyclic) bond motifs is 6. The van der Waals surface area contributed by atoms with Gasteiger partial charge in [-0.25, -0.2) is 9.78 Å². The van der Waals surface area contributed by atoms with Crippen LogP contribution in [0.25, 0.3) is 33.4 Å². The molecule has 1 aromatic carbocycles. The fraction of sp³-hybridized carbons (Fsp3) is 0.400. The lowest BCUT2D eigenvalue weighted by molar-refractivity contribution is -0.189. The number of cyclic esters (lactones) is 1. The van der Waals surface area contributed by atoms with Crippen molar-refractivity contribution in [3.05, 3.63) is 88.3 Å². The fourth-order valence-corrected chi connectivity index (χ4v) is 8.18. The fourth-order valence-electron chi connectivity index (χ4n) is 7.33. The van der Waals surface area contributed by atoms with E-state index in [9.17, 15) is 19.5 Å². The summed E-state index contributed by atoms with van der Waals surface area (Å²) in [6.45, 7) is 9.03. The Morgan fingerprint density at radius 2 is 1.98 bits per heavy atom. The van der Waals surface area contributed by atoms with Gasteiger partial charge < -0.3 is 24.5 Å². The highest BCUT2D eigenvalue weighted by Crippen LogP contribution is 2.42. The Hall–Kier alpha value is -5.02. The van der Waals surface area contributed by atoms with Crippen molar-refractivity contribution in [2.45, 2.75) is 77.8 Å². The summed E-state index contributed by atoms with van der Waals surface area (Å²) in [5, 5.41) is 19.2. The Labute approximate surface area is 317 Å². The number of amides is 2. The summed E-state index contributed by atoms with van der Waals surface area (Å²) in [5.41, 5.74) is 6.67. The zero-order valence-electron chi connectivity index (χ0n) is 31.1. The number of hydrazine groups is 1. The lowest BCUT2D eigenvalue weighted by atomic mass is 9.84. The van der Waals surface area contributed by atoms with E-state index in [1.807, 2.05) is 32.2 Å². The first-order valence-electron chi connectivity index (χ1n) is 18.2. The third-order valence-electron chi connectivity index (χ3n) is 10.1. The number of carbonyl (C=O) groups excluding carboxylic acids is 3. The molecular formula is C40H45N7O6S. The number of aliphatic hydroxyl groups is 1. The molecule has 6 heterocycles. The summed E-state index contributed by atoms with van der Waals surface area (Å²) in [6, 6.07) is 14.2. The first-order chi connectivity index (χ1) is 25.9. The summed E-state index contributed by atoms with van der Waals surface area (Å²) in [7, 11) is 1.67. The molecule has 0 radical (unpaired) electrons. The van der Waals surface area contributed by atoms with Crippen LogP contribution in [0.4, 0.5) is 0 Å². The van der Waals surface area contributed by atoms with Crippen LogP contribution in [0.15, 0.2) is 66.3 Å². The zero-order valence-corrected chi connectivity index (χ0v) is 31.9. The number of rotatable bonds is 6. The number of methoxy groups -OCH3 is 1. The zero-order chi connectivity index (χ0) is 38.2. The minimum atomic E-state index is -2.15. The monoisotopic (exact) mass is 751 g/mol. The van der Waals surface area contributed by atoms with Crippen molar-refractivity contribution in [3.8, 4) is 22.5 Å². The Bertz CT molecular complexity index is 2200. The normalized spacial score (nSPS) is 21.0. The average molecular weight is 752 g/mol. The number of nitrogens with zero attached hydrogens (tertiary/aromatic N) is 5. The predicted molar refractivity (Wildman–Crippen MR) is 204 cm³/mol. The first kappa shape index (κ1) is 37.3. The largest absolute Gasteiger partial charge is 0.462 e. The molecule has 5 aromatic rings. The molecule has 7 rings (SSSR count). The van der Waals surface area contributed by atoms with Crippen LogP contribution in [0.5, 0.6) is 0 Å². The Balaban J connectivity index is 1.37. The number of aromatic nitrogens is 4. The molecule has 0 unspecified atom stereocenters. The predicted octanol–water partition coefficient (Wildman–Crippen LogP) is 5.23. The van der Waals surface area contributed by atoms with Gasteiger partial charge >= 0.3 is 5.97 Å². The van der Waals surface area contributed by atoms with E-state index < -0.39 is 35.0 Å². The van der Waals surface area contributed by atoms with Gasteiger partial charge in [0.25, 0.3) is 11.8 Å². The van der Waals surface area contributed by atoms with Gasteiger partial charge in [0, 0.05) is 78.3 Å². The number of ether oxygens (including phenoxy) is 2. The number of esters is 1. The summed E-state index contributed by atoms with van der Waals surface area (Å²) in [5.74, 6) is -1.94. The summed E-state index contributed by atoms with van der Waals surface area (Å²) >= 11 is 1.39. The first-order valence-corrected chi connectivity index (χ1v) is 19.1. The molecule has 0 spiro atoms. The molecule has 13 nitrogen and oxygen atoms in total. The maximum Gasteiger partial charge on any atom is 0.355 e. The molecule has 1 saturated heterocycles. The van der Waals surface area contributed by atoms with Crippen molar-refractivity contribution in [2.75, 3.05) is 20.3 Å². The number of aryl methyl sites for hydroxylation is 1. The van der Waals surface area contributed by atoms with Gasteiger partial charge in [-0.1, -0.05) is 26.0 Å². The second-order valence-corrected chi connectivity index (χ2v) is 15.6. The molecule has 3 N–H and O–H groups in total. The second kappa shape index (κ2) is 15.0. The van der Waals surface area contributed by atoms with Crippen molar-refractivity contribution in [1.29, 1.82) is 0 Å². The van der Waals surface area contributed by atoms with Crippen molar-refractivity contribution in [3.63, 3.8) is 0 Å². The van der Waals surface area contributed by atoms with Gasteiger partial charge in [0.05, 0.1) is 34.8 Å². The highest BCUT2D eigenvalue weighted by molar-refractivity contribution is 7.10. The van der Waals surface area contributed by atoms with E-state index in [-0.39, 0.29) is 37.8 Å². The van der Waals surface area contributed by atoms with Gasteiger partial charge in [-0.2, -0.15) is 5.43 Å². The van der Waals surface area contributed by atoms with Crippen molar-refractivity contribution >= 4 is 40.0 Å². The summed E-state index contributed by atoms with van der Waals surface area (Å²) < 4.78 is 13.9. The van der Waals surface area contributed by atoms with Crippen molar-refractivity contribution in [2.24, 2.45) is 5.41 Å². The smallest absolute Gasteiger partial charge is 0.355 e. The molecule has 2 aliphatic rings. The Morgan fingerprint density at radius 3 is 2.74 bits per heavy atom. The second-order valence-electron chi connectivity index (χ2n) is 14.7. The van der Waals surface area contributed by atoms with E-state index in [0.29, 0.717) is 24.4 Å². The minimum absolute atomic E-state index is 0.00568. The molecule has 2 amide bonds. The van der Waals surface area contributed by atoms with Gasteiger partial charge in [0.15, 0.2) is 0 Å². The van der Waals surface area contributed by atoms with E-state index in [4.69, 9.17) is 19.4 Å². The average Bonchev–Trinajstić information content (AvgIpc) is 3.77. The van der Waals surface area contributed by atoms with Gasteiger partial charge in [-0.15, -0.1) is 11.3 Å². The maximum atomic E-state index is 14.1. The van der Waals surface area contributed by atoms with Crippen LogP contribution in [-0.4, -0.2) is 79.4 Å². The Morgan fingerprint density at radius 1 is 1.17 bits per heavy atom. The van der Waals surface area contributed by atoms with Gasteiger partial charge in [0.1, 0.15) is 11.7 Å². The molecule has 6 bridgehead atoms. The molecule has 0 saturated carbocycles. The van der Waals surface area contributed by atoms with Crippen LogP contribution in [0, 0.1) is 5.41 Å². The number of thiazole rings is 1. The van der Waals surface area contributed by atoms with Crippen molar-refractivity contribution < 1.29 is 29.0 Å². The molecule has 14 heteroatoms. The maximum absolute atomic E-state index is 14.1. The quantitative estimate of drug-likeness (QED) is 0.196. The number of pyridine rings is 2. The minimum Gasteiger partial charge on any atom is -0.462 e. The molecule has 0 aliphatic carbocycles. The molecule has 2 aliphatic heterocycles. The molecule has 3 atom stereocenters. The van der Waals surface area contributed by atoms with Crippen LogP contribution in [0.1, 0.15) is 73.4 Å². The van der Waals surface area contributed by atoms with Gasteiger partial charge in [0.2, 0.25) is 5.72 Å². The Kier molecular flexibility index (Phi) is 10.4. The SMILES string of the molecule is CCn1c(-c2cccnc2[C@H](C)OC)c2c3cc(ccc31)-c1csc(n1)C[C@H](NC(=O)c1ccccn1)C(=O)N1CCC[C@@](O)(N1)C(=O)OCC(C)(C)C2. The molecule has 54 heavy (non-hydrogen) atoms. The van der Waals surface area contributed by atoms with Crippen LogP contribution < -0.4 is 10.7 Å². The van der Waals surface area contributed by atoms with E-state index >= 15 is 0 Å². The number of hydrogen-bond acceptors (Lipinski definition) is 11. The number of nitrogens with one attached hydrogen (secondary N) is 2. The molecule has 4 aromatic heterocycles. The third-order valence-corrected chi connectivity index (χ3v) is 11.0.